The molecule has 0 unspecified atom stereocenters. The van der Waals surface area contributed by atoms with Gasteiger partial charge in [0.05, 0.1) is 11.5 Å². The Kier molecular flexibility index (Phi) is 8.30. The number of rotatable bonds is 9. The lowest BCUT2D eigenvalue weighted by molar-refractivity contribution is -0.384. The Labute approximate surface area is 139 Å². The molecule has 0 aliphatic heterocycles. The molecular formula is C15H19N3O4S. The minimum atomic E-state index is -0.452. The number of non-ortho nitro benzene ring substituents is 1. The van der Waals surface area contributed by atoms with Crippen LogP contribution < -0.4 is 10.6 Å². The summed E-state index contributed by atoms with van der Waals surface area (Å²) < 4.78 is 4.86. The number of hydrogen-bond acceptors (Lipinski definition) is 5. The number of ether oxygens (including phenoxy) is 1. The molecule has 8 heteroatoms. The van der Waals surface area contributed by atoms with Crippen molar-refractivity contribution in [3.63, 3.8) is 0 Å². The third-order valence-corrected chi connectivity index (χ3v) is 3.10. The molecule has 1 aromatic carbocycles. The van der Waals surface area contributed by atoms with E-state index in [1.807, 2.05) is 0 Å². The second kappa shape index (κ2) is 10.3. The van der Waals surface area contributed by atoms with Gasteiger partial charge in [-0.15, -0.1) is 0 Å². The number of unbranched alkanes of at least 4 members (excludes halogenated alkanes) is 2. The lowest BCUT2D eigenvalue weighted by atomic mass is 10.2. The van der Waals surface area contributed by atoms with Crippen LogP contribution in [0.25, 0.3) is 0 Å². The molecule has 0 fully saturated rings. The fourth-order valence-electron chi connectivity index (χ4n) is 1.68. The van der Waals surface area contributed by atoms with Gasteiger partial charge in [0.25, 0.3) is 5.69 Å². The van der Waals surface area contributed by atoms with Gasteiger partial charge >= 0.3 is 5.97 Å². The molecule has 23 heavy (non-hydrogen) atoms. The van der Waals surface area contributed by atoms with Crippen LogP contribution in [0.1, 0.15) is 19.3 Å². The monoisotopic (exact) mass is 337 g/mol. The van der Waals surface area contributed by atoms with E-state index >= 15 is 0 Å². The van der Waals surface area contributed by atoms with Crippen molar-refractivity contribution in [2.45, 2.75) is 19.3 Å². The van der Waals surface area contributed by atoms with Gasteiger partial charge in [0.1, 0.15) is 0 Å². The zero-order valence-electron chi connectivity index (χ0n) is 12.6. The molecule has 0 amide bonds. The number of hydrogen-bond donors (Lipinski definition) is 2. The van der Waals surface area contributed by atoms with Gasteiger partial charge in [-0.05, 0) is 43.6 Å². The Morgan fingerprint density at radius 3 is 2.61 bits per heavy atom. The molecule has 124 valence electrons. The van der Waals surface area contributed by atoms with Crippen molar-refractivity contribution < 1.29 is 14.5 Å². The van der Waals surface area contributed by atoms with E-state index in [0.717, 1.165) is 25.3 Å². The number of anilines is 1. The second-order valence-electron chi connectivity index (χ2n) is 4.62. The topological polar surface area (TPSA) is 93.5 Å². The van der Waals surface area contributed by atoms with Crippen LogP contribution in [0.2, 0.25) is 0 Å². The molecule has 0 aliphatic rings. The van der Waals surface area contributed by atoms with Gasteiger partial charge in [-0.2, -0.15) is 0 Å². The van der Waals surface area contributed by atoms with E-state index < -0.39 is 10.9 Å². The number of benzene rings is 1. The zero-order valence-corrected chi connectivity index (χ0v) is 13.4. The molecule has 0 spiro atoms. The van der Waals surface area contributed by atoms with Crippen molar-refractivity contribution in [1.82, 2.24) is 5.32 Å². The molecule has 2 N–H and O–H groups in total. The lowest BCUT2D eigenvalue weighted by Crippen LogP contribution is -2.29. The van der Waals surface area contributed by atoms with Crippen LogP contribution in [0.15, 0.2) is 36.9 Å². The van der Waals surface area contributed by atoms with Gasteiger partial charge in [-0.3, -0.25) is 10.1 Å². The maximum Gasteiger partial charge on any atom is 0.330 e. The van der Waals surface area contributed by atoms with Crippen molar-refractivity contribution in [1.29, 1.82) is 0 Å². The molecule has 0 atom stereocenters. The number of carbonyl (C=O) groups excluding carboxylic acids is 1. The molecule has 1 rings (SSSR count). The number of nitro groups is 1. The van der Waals surface area contributed by atoms with Gasteiger partial charge in [-0.25, -0.2) is 4.79 Å². The summed E-state index contributed by atoms with van der Waals surface area (Å²) in [6, 6.07) is 6.02. The first-order chi connectivity index (χ1) is 11.0. The first kappa shape index (κ1) is 18.6. The minimum absolute atomic E-state index is 0.0339. The summed E-state index contributed by atoms with van der Waals surface area (Å²) in [6.45, 7) is 4.39. The number of nitro benzene ring substituents is 1. The van der Waals surface area contributed by atoms with Crippen molar-refractivity contribution in [2.24, 2.45) is 0 Å². The van der Waals surface area contributed by atoms with Crippen LogP contribution >= 0.6 is 12.2 Å². The average Bonchev–Trinajstić information content (AvgIpc) is 2.54. The van der Waals surface area contributed by atoms with Crippen LogP contribution in [0, 0.1) is 10.1 Å². The Balaban J connectivity index is 2.13. The summed E-state index contributed by atoms with van der Waals surface area (Å²) in [7, 11) is 0. The lowest BCUT2D eigenvalue weighted by Gasteiger charge is -2.10. The molecule has 0 aliphatic carbocycles. The highest BCUT2D eigenvalue weighted by Crippen LogP contribution is 2.15. The predicted molar refractivity (Wildman–Crippen MR) is 92.3 cm³/mol. The standard InChI is InChI=1S/C15H19N3O4S/c1-2-14(19)22-11-5-3-4-10-16-15(23)17-12-6-8-13(9-7-12)18(20)21/h2,6-9H,1,3-5,10-11H2,(H2,16,17,23). The van der Waals surface area contributed by atoms with Crippen molar-refractivity contribution in [2.75, 3.05) is 18.5 Å². The molecular weight excluding hydrogens is 318 g/mol. The smallest absolute Gasteiger partial charge is 0.330 e. The molecule has 0 saturated carbocycles. The van der Waals surface area contributed by atoms with E-state index in [4.69, 9.17) is 17.0 Å². The molecule has 1 aromatic rings. The van der Waals surface area contributed by atoms with E-state index in [2.05, 4.69) is 17.2 Å². The highest BCUT2D eigenvalue weighted by molar-refractivity contribution is 7.80. The number of nitrogens with one attached hydrogen (secondary N) is 2. The van der Waals surface area contributed by atoms with Crippen LogP contribution in [0.3, 0.4) is 0 Å². The fraction of sp³-hybridized carbons (Fsp3) is 0.333. The maximum atomic E-state index is 10.8. The van der Waals surface area contributed by atoms with Crippen molar-refractivity contribution in [3.8, 4) is 0 Å². The summed E-state index contributed by atoms with van der Waals surface area (Å²) in [6.07, 6.45) is 3.71. The van der Waals surface area contributed by atoms with E-state index in [9.17, 15) is 14.9 Å². The van der Waals surface area contributed by atoms with Gasteiger partial charge in [0, 0.05) is 30.4 Å². The zero-order chi connectivity index (χ0) is 17.1. The summed E-state index contributed by atoms with van der Waals surface area (Å²) >= 11 is 5.13. The van der Waals surface area contributed by atoms with E-state index in [1.54, 1.807) is 12.1 Å². The Hall–Kier alpha value is -2.48. The van der Waals surface area contributed by atoms with Gasteiger partial charge in [0.2, 0.25) is 0 Å². The largest absolute Gasteiger partial charge is 0.463 e. The number of nitrogens with zero attached hydrogens (tertiary/aromatic N) is 1. The van der Waals surface area contributed by atoms with Crippen molar-refractivity contribution in [3.05, 3.63) is 47.0 Å². The van der Waals surface area contributed by atoms with Crippen LogP contribution in [0.5, 0.6) is 0 Å². The Morgan fingerprint density at radius 2 is 2.00 bits per heavy atom. The van der Waals surface area contributed by atoms with Crippen LogP contribution in [-0.2, 0) is 9.53 Å². The fourth-order valence-corrected chi connectivity index (χ4v) is 1.90. The first-order valence-electron chi connectivity index (χ1n) is 7.11. The Bertz CT molecular complexity index is 560. The minimum Gasteiger partial charge on any atom is -0.463 e. The molecule has 7 nitrogen and oxygen atoms in total. The summed E-state index contributed by atoms with van der Waals surface area (Å²) in [5.41, 5.74) is 0.719. The van der Waals surface area contributed by atoms with Gasteiger partial charge in [0.15, 0.2) is 5.11 Å². The van der Waals surface area contributed by atoms with Crippen molar-refractivity contribution >= 4 is 34.7 Å². The van der Waals surface area contributed by atoms with Gasteiger partial charge in [-0.1, -0.05) is 6.58 Å². The third kappa shape index (κ3) is 7.91. The number of esters is 1. The number of thiocarbonyl (C=S) groups is 1. The van der Waals surface area contributed by atoms with Gasteiger partial charge < -0.3 is 15.4 Å². The molecule has 0 heterocycles. The second-order valence-corrected chi connectivity index (χ2v) is 5.03. The van der Waals surface area contributed by atoms with E-state index in [0.29, 0.717) is 24.0 Å². The summed E-state index contributed by atoms with van der Waals surface area (Å²) in [5, 5.41) is 17.0. The van der Waals surface area contributed by atoms with Crippen LogP contribution in [-0.4, -0.2) is 29.2 Å². The normalized spacial score (nSPS) is 9.74. The number of carbonyl (C=O) groups is 1. The van der Waals surface area contributed by atoms with E-state index in [-0.39, 0.29) is 5.69 Å². The molecule has 0 aromatic heterocycles. The average molecular weight is 337 g/mol. The highest BCUT2D eigenvalue weighted by atomic mass is 32.1. The maximum absolute atomic E-state index is 10.8. The van der Waals surface area contributed by atoms with Crippen LogP contribution in [0.4, 0.5) is 11.4 Å². The third-order valence-electron chi connectivity index (χ3n) is 2.85. The molecule has 0 bridgehead atoms. The predicted octanol–water partition coefficient (Wildman–Crippen LogP) is 2.78. The Morgan fingerprint density at radius 1 is 1.30 bits per heavy atom. The quantitative estimate of drug-likeness (QED) is 0.179. The first-order valence-corrected chi connectivity index (χ1v) is 7.52. The summed E-state index contributed by atoms with van der Waals surface area (Å²) in [4.78, 5) is 20.9. The molecule has 0 radical (unpaired) electrons. The van der Waals surface area contributed by atoms with E-state index in [1.165, 1.54) is 12.1 Å². The highest BCUT2D eigenvalue weighted by Gasteiger charge is 2.04. The SMILES string of the molecule is C=CC(=O)OCCCCCNC(=S)Nc1ccc([N+](=O)[O-])cc1. The summed E-state index contributed by atoms with van der Waals surface area (Å²) in [5.74, 6) is -0.406. The molecule has 0 saturated heterocycles.